The van der Waals surface area contributed by atoms with Crippen molar-refractivity contribution in [2.75, 3.05) is 5.32 Å². The zero-order chi connectivity index (χ0) is 16.6. The first-order chi connectivity index (χ1) is 12.4. The summed E-state index contributed by atoms with van der Waals surface area (Å²) in [7, 11) is 0. The predicted molar refractivity (Wildman–Crippen MR) is 97.8 cm³/mol. The lowest BCUT2D eigenvalue weighted by atomic mass is 10.1. The summed E-state index contributed by atoms with van der Waals surface area (Å²) < 4.78 is 1.97. The maximum atomic E-state index is 4.79. The number of hydrogen-bond acceptors (Lipinski definition) is 4. The number of fused-ring (bicyclic) bond motifs is 2. The molecule has 0 aliphatic heterocycles. The Bertz CT molecular complexity index is 1170. The molecular weight excluding hydrogens is 312 g/mol. The molecule has 4 heterocycles. The highest BCUT2D eigenvalue weighted by Crippen LogP contribution is 2.26. The Labute approximate surface area is 143 Å². The summed E-state index contributed by atoms with van der Waals surface area (Å²) in [6.45, 7) is 0. The van der Waals surface area contributed by atoms with Crippen molar-refractivity contribution in [3.8, 4) is 11.3 Å². The van der Waals surface area contributed by atoms with Crippen molar-refractivity contribution in [1.82, 2.24) is 24.3 Å². The SMILES string of the molecule is c1cncc(Nc2nc(-c3ccc4cc[nH]c4c3)cn3ccnc23)c1. The van der Waals surface area contributed by atoms with Crippen LogP contribution in [0.3, 0.4) is 0 Å². The first kappa shape index (κ1) is 13.7. The molecule has 2 N–H and O–H groups in total. The number of aromatic amines is 1. The van der Waals surface area contributed by atoms with Gasteiger partial charge in [0, 0.05) is 42.1 Å². The number of imidazole rings is 1. The summed E-state index contributed by atoms with van der Waals surface area (Å²) in [6, 6.07) is 12.2. The van der Waals surface area contributed by atoms with E-state index in [0.717, 1.165) is 28.1 Å². The minimum Gasteiger partial charge on any atom is -0.361 e. The number of hydrogen-bond donors (Lipinski definition) is 2. The lowest BCUT2D eigenvalue weighted by Crippen LogP contribution is -2.00. The van der Waals surface area contributed by atoms with Crippen LogP contribution in [0.5, 0.6) is 0 Å². The van der Waals surface area contributed by atoms with Crippen LogP contribution in [0.2, 0.25) is 0 Å². The van der Waals surface area contributed by atoms with Gasteiger partial charge in [0.05, 0.1) is 17.6 Å². The van der Waals surface area contributed by atoms with Crippen molar-refractivity contribution < 1.29 is 0 Å². The van der Waals surface area contributed by atoms with Gasteiger partial charge in [-0.2, -0.15) is 0 Å². The van der Waals surface area contributed by atoms with Crippen LogP contribution in [-0.4, -0.2) is 24.3 Å². The molecule has 6 heteroatoms. The highest BCUT2D eigenvalue weighted by Gasteiger charge is 2.10. The van der Waals surface area contributed by atoms with E-state index in [1.807, 2.05) is 35.1 Å². The number of H-pyrrole nitrogens is 1. The Morgan fingerprint density at radius 1 is 1.08 bits per heavy atom. The lowest BCUT2D eigenvalue weighted by molar-refractivity contribution is 1.13. The van der Waals surface area contributed by atoms with E-state index < -0.39 is 0 Å². The smallest absolute Gasteiger partial charge is 0.180 e. The molecule has 1 aromatic carbocycles. The summed E-state index contributed by atoms with van der Waals surface area (Å²) in [5, 5.41) is 4.49. The zero-order valence-corrected chi connectivity index (χ0v) is 13.2. The summed E-state index contributed by atoms with van der Waals surface area (Å²) in [5.74, 6) is 0.696. The van der Waals surface area contributed by atoms with Crippen LogP contribution in [0.15, 0.2) is 73.6 Å². The molecule has 0 spiro atoms. The van der Waals surface area contributed by atoms with Crippen molar-refractivity contribution in [3.05, 3.63) is 73.6 Å². The van der Waals surface area contributed by atoms with E-state index in [1.54, 1.807) is 18.6 Å². The van der Waals surface area contributed by atoms with Gasteiger partial charge in [-0.3, -0.25) is 4.98 Å². The first-order valence-electron chi connectivity index (χ1n) is 7.95. The largest absolute Gasteiger partial charge is 0.361 e. The van der Waals surface area contributed by atoms with E-state index in [2.05, 4.69) is 44.5 Å². The maximum Gasteiger partial charge on any atom is 0.180 e. The molecule has 120 valence electrons. The van der Waals surface area contributed by atoms with Crippen LogP contribution in [0, 0.1) is 0 Å². The topological polar surface area (TPSA) is 70.9 Å². The van der Waals surface area contributed by atoms with E-state index in [-0.39, 0.29) is 0 Å². The number of nitrogens with zero attached hydrogens (tertiary/aromatic N) is 4. The fourth-order valence-corrected chi connectivity index (χ4v) is 2.94. The Morgan fingerprint density at radius 3 is 3.00 bits per heavy atom. The van der Waals surface area contributed by atoms with Crippen molar-refractivity contribution in [2.45, 2.75) is 0 Å². The molecule has 0 aliphatic rings. The van der Waals surface area contributed by atoms with E-state index in [0.29, 0.717) is 5.82 Å². The Kier molecular flexibility index (Phi) is 3.00. The third kappa shape index (κ3) is 2.40. The van der Waals surface area contributed by atoms with Crippen molar-refractivity contribution in [1.29, 1.82) is 0 Å². The Morgan fingerprint density at radius 2 is 2.08 bits per heavy atom. The Hall–Kier alpha value is -3.67. The second-order valence-corrected chi connectivity index (χ2v) is 5.78. The van der Waals surface area contributed by atoms with Crippen LogP contribution in [-0.2, 0) is 0 Å². The van der Waals surface area contributed by atoms with Gasteiger partial charge in [-0.05, 0) is 29.7 Å². The van der Waals surface area contributed by atoms with E-state index in [4.69, 9.17) is 4.98 Å². The maximum absolute atomic E-state index is 4.79. The molecule has 0 atom stereocenters. The predicted octanol–water partition coefficient (Wildman–Crippen LogP) is 4.02. The van der Waals surface area contributed by atoms with E-state index in [1.165, 1.54) is 5.39 Å². The zero-order valence-electron chi connectivity index (χ0n) is 13.2. The number of rotatable bonds is 3. The molecule has 6 nitrogen and oxygen atoms in total. The van der Waals surface area contributed by atoms with Crippen LogP contribution >= 0.6 is 0 Å². The van der Waals surface area contributed by atoms with Gasteiger partial charge in [0.2, 0.25) is 0 Å². The second-order valence-electron chi connectivity index (χ2n) is 5.78. The second kappa shape index (κ2) is 5.45. The standard InChI is InChI=1S/C19H14N6/c1-2-15(11-20-6-1)23-18-19-22-8-9-25(19)12-17(24-18)14-4-3-13-5-7-21-16(13)10-14/h1-12,21H,(H,23,24). The fraction of sp³-hybridized carbons (Fsp3) is 0. The molecule has 5 rings (SSSR count). The highest BCUT2D eigenvalue weighted by atomic mass is 15.1. The first-order valence-corrected chi connectivity index (χ1v) is 7.95. The van der Waals surface area contributed by atoms with Gasteiger partial charge < -0.3 is 14.7 Å². The number of aromatic nitrogens is 5. The average Bonchev–Trinajstić information content (AvgIpc) is 3.31. The molecule has 0 unspecified atom stereocenters. The minimum atomic E-state index is 0.696. The van der Waals surface area contributed by atoms with Crippen LogP contribution in [0.1, 0.15) is 0 Å². The minimum absolute atomic E-state index is 0.696. The summed E-state index contributed by atoms with van der Waals surface area (Å²) in [5.41, 5.74) is 4.64. The molecule has 0 fully saturated rings. The number of benzene rings is 1. The van der Waals surface area contributed by atoms with Crippen LogP contribution in [0.4, 0.5) is 11.5 Å². The van der Waals surface area contributed by atoms with Gasteiger partial charge in [-0.25, -0.2) is 9.97 Å². The Balaban J connectivity index is 1.66. The summed E-state index contributed by atoms with van der Waals surface area (Å²) >= 11 is 0. The molecule has 0 radical (unpaired) electrons. The molecule has 0 saturated heterocycles. The third-order valence-electron chi connectivity index (χ3n) is 4.15. The van der Waals surface area contributed by atoms with Gasteiger partial charge in [0.25, 0.3) is 0 Å². The third-order valence-corrected chi connectivity index (χ3v) is 4.15. The molecular formula is C19H14N6. The van der Waals surface area contributed by atoms with E-state index in [9.17, 15) is 0 Å². The molecule has 0 amide bonds. The number of anilines is 2. The summed E-state index contributed by atoms with van der Waals surface area (Å²) in [4.78, 5) is 16.6. The van der Waals surface area contributed by atoms with Gasteiger partial charge in [-0.1, -0.05) is 12.1 Å². The van der Waals surface area contributed by atoms with Crippen molar-refractivity contribution in [2.24, 2.45) is 0 Å². The monoisotopic (exact) mass is 326 g/mol. The van der Waals surface area contributed by atoms with Gasteiger partial charge in [-0.15, -0.1) is 0 Å². The molecule has 0 aliphatic carbocycles. The van der Waals surface area contributed by atoms with Gasteiger partial charge in [0.15, 0.2) is 11.5 Å². The molecule has 4 aromatic heterocycles. The number of nitrogens with one attached hydrogen (secondary N) is 2. The molecule has 0 bridgehead atoms. The molecule has 0 saturated carbocycles. The summed E-state index contributed by atoms with van der Waals surface area (Å²) in [6.07, 6.45) is 11.1. The molecule has 25 heavy (non-hydrogen) atoms. The van der Waals surface area contributed by atoms with Gasteiger partial charge >= 0.3 is 0 Å². The number of pyridine rings is 1. The molecule has 5 aromatic rings. The normalized spacial score (nSPS) is 11.2. The quantitative estimate of drug-likeness (QED) is 0.525. The van der Waals surface area contributed by atoms with Gasteiger partial charge in [0.1, 0.15) is 0 Å². The average molecular weight is 326 g/mol. The van der Waals surface area contributed by atoms with Crippen molar-refractivity contribution >= 4 is 28.1 Å². The fourth-order valence-electron chi connectivity index (χ4n) is 2.94. The van der Waals surface area contributed by atoms with E-state index >= 15 is 0 Å². The van der Waals surface area contributed by atoms with Crippen molar-refractivity contribution in [3.63, 3.8) is 0 Å². The highest BCUT2D eigenvalue weighted by molar-refractivity contribution is 5.84. The van der Waals surface area contributed by atoms with Crippen LogP contribution < -0.4 is 5.32 Å². The van der Waals surface area contributed by atoms with Crippen LogP contribution in [0.25, 0.3) is 27.8 Å². The lowest BCUT2D eigenvalue weighted by Gasteiger charge is -2.10.